The predicted octanol–water partition coefficient (Wildman–Crippen LogP) is 2.09. The van der Waals surface area contributed by atoms with E-state index >= 15 is 0 Å². The molecule has 2 aliphatic heterocycles. The van der Waals surface area contributed by atoms with Crippen LogP contribution in [-0.2, 0) is 4.74 Å². The van der Waals surface area contributed by atoms with Gasteiger partial charge in [0, 0.05) is 0 Å². The van der Waals surface area contributed by atoms with Crippen molar-refractivity contribution in [1.29, 1.82) is 0 Å². The zero-order chi connectivity index (χ0) is 9.43. The molecule has 3 aliphatic rings. The highest BCUT2D eigenvalue weighted by Gasteiger charge is 2.42. The van der Waals surface area contributed by atoms with Crippen LogP contribution in [0.15, 0.2) is 0 Å². The highest BCUT2D eigenvalue weighted by atomic mass is 16.5. The van der Waals surface area contributed by atoms with E-state index < -0.39 is 0 Å². The first-order valence-corrected chi connectivity index (χ1v) is 6.25. The molecule has 0 aromatic carbocycles. The van der Waals surface area contributed by atoms with Crippen LogP contribution in [0.5, 0.6) is 0 Å². The van der Waals surface area contributed by atoms with E-state index in [-0.39, 0.29) is 0 Å². The Morgan fingerprint density at radius 3 is 2.57 bits per heavy atom. The number of hydrogen-bond acceptors (Lipinski definition) is 2. The number of hydrogen-bond donors (Lipinski definition) is 1. The minimum absolute atomic E-state index is 0.349. The maximum absolute atomic E-state index is 6.29. The van der Waals surface area contributed by atoms with E-state index in [9.17, 15) is 0 Å². The summed E-state index contributed by atoms with van der Waals surface area (Å²) >= 11 is 0. The van der Waals surface area contributed by atoms with Crippen LogP contribution in [0.2, 0.25) is 0 Å². The van der Waals surface area contributed by atoms with Gasteiger partial charge in [0.05, 0.1) is 11.7 Å². The average molecular weight is 195 g/mol. The van der Waals surface area contributed by atoms with Crippen molar-refractivity contribution in [2.45, 2.75) is 56.7 Å². The maximum atomic E-state index is 6.29. The second-order valence-corrected chi connectivity index (χ2v) is 5.43. The highest BCUT2D eigenvalue weighted by Crippen LogP contribution is 2.44. The molecular weight excluding hydrogens is 174 g/mol. The molecule has 0 aromatic rings. The Kier molecular flexibility index (Phi) is 2.29. The van der Waals surface area contributed by atoms with Crippen LogP contribution in [0.25, 0.3) is 0 Å². The molecular formula is C12H21NO. The molecule has 1 atom stereocenters. The van der Waals surface area contributed by atoms with Gasteiger partial charge in [0.25, 0.3) is 0 Å². The zero-order valence-electron chi connectivity index (χ0n) is 8.93. The Hall–Kier alpha value is -0.0800. The van der Waals surface area contributed by atoms with Crippen LogP contribution < -0.4 is 5.32 Å². The summed E-state index contributed by atoms with van der Waals surface area (Å²) in [4.78, 5) is 0. The topological polar surface area (TPSA) is 21.3 Å². The summed E-state index contributed by atoms with van der Waals surface area (Å²) < 4.78 is 6.29. The van der Waals surface area contributed by atoms with E-state index in [1.165, 1.54) is 58.0 Å². The molecule has 0 amide bonds. The molecule has 1 unspecified atom stereocenters. The van der Waals surface area contributed by atoms with Crippen molar-refractivity contribution in [2.24, 2.45) is 5.92 Å². The van der Waals surface area contributed by atoms with Gasteiger partial charge in [-0.25, -0.2) is 0 Å². The molecule has 2 heterocycles. The standard InChI is InChI=1S/C12H21NO/c1-2-5-12(4-1)6-3-11(14-12)7-10-8-13-9-10/h10-11,13H,1-9H2. The first kappa shape index (κ1) is 9.17. The molecule has 2 saturated heterocycles. The van der Waals surface area contributed by atoms with Gasteiger partial charge in [0.15, 0.2) is 0 Å². The normalized spacial score (nSPS) is 36.4. The second kappa shape index (κ2) is 3.49. The Labute approximate surface area is 86.4 Å². The first-order chi connectivity index (χ1) is 6.86. The van der Waals surface area contributed by atoms with Gasteiger partial charge in [0.2, 0.25) is 0 Å². The van der Waals surface area contributed by atoms with Crippen LogP contribution in [0.1, 0.15) is 44.9 Å². The lowest BCUT2D eigenvalue weighted by atomic mass is 9.93. The summed E-state index contributed by atoms with van der Waals surface area (Å²) in [5.74, 6) is 0.913. The van der Waals surface area contributed by atoms with Crippen LogP contribution in [0.3, 0.4) is 0 Å². The molecule has 3 fully saturated rings. The number of rotatable bonds is 2. The van der Waals surface area contributed by atoms with Gasteiger partial charge in [0.1, 0.15) is 0 Å². The molecule has 0 bridgehead atoms. The van der Waals surface area contributed by atoms with Crippen molar-refractivity contribution < 1.29 is 4.74 Å². The predicted molar refractivity (Wildman–Crippen MR) is 56.3 cm³/mol. The van der Waals surface area contributed by atoms with Crippen LogP contribution in [0, 0.1) is 5.92 Å². The van der Waals surface area contributed by atoms with Crippen molar-refractivity contribution in [3.05, 3.63) is 0 Å². The van der Waals surface area contributed by atoms with E-state index in [4.69, 9.17) is 4.74 Å². The Balaban J connectivity index is 1.53. The molecule has 1 aliphatic carbocycles. The third-order valence-corrected chi connectivity index (χ3v) is 4.32. The van der Waals surface area contributed by atoms with Gasteiger partial charge in [-0.15, -0.1) is 0 Å². The molecule has 1 N–H and O–H groups in total. The fraction of sp³-hybridized carbons (Fsp3) is 1.00. The van der Waals surface area contributed by atoms with Gasteiger partial charge in [-0.1, -0.05) is 12.8 Å². The quantitative estimate of drug-likeness (QED) is 0.728. The van der Waals surface area contributed by atoms with Crippen molar-refractivity contribution in [3.63, 3.8) is 0 Å². The number of nitrogens with one attached hydrogen (secondary N) is 1. The minimum Gasteiger partial charge on any atom is -0.372 e. The molecule has 0 radical (unpaired) electrons. The number of ether oxygens (including phenoxy) is 1. The largest absolute Gasteiger partial charge is 0.372 e. The SMILES string of the molecule is C1CCC2(C1)CCC(CC1CNC1)O2. The molecule has 1 spiro atoms. The Bertz CT molecular complexity index is 206. The van der Waals surface area contributed by atoms with Crippen LogP contribution >= 0.6 is 0 Å². The van der Waals surface area contributed by atoms with Crippen molar-refractivity contribution in [3.8, 4) is 0 Å². The van der Waals surface area contributed by atoms with Crippen molar-refractivity contribution >= 4 is 0 Å². The van der Waals surface area contributed by atoms with Gasteiger partial charge < -0.3 is 10.1 Å². The van der Waals surface area contributed by atoms with Crippen molar-refractivity contribution in [2.75, 3.05) is 13.1 Å². The van der Waals surface area contributed by atoms with Crippen LogP contribution in [-0.4, -0.2) is 24.8 Å². The summed E-state index contributed by atoms with van der Waals surface area (Å²) in [6.45, 7) is 2.46. The van der Waals surface area contributed by atoms with E-state index in [1.54, 1.807) is 0 Å². The van der Waals surface area contributed by atoms with E-state index in [0.717, 1.165) is 5.92 Å². The first-order valence-electron chi connectivity index (χ1n) is 6.25. The summed E-state index contributed by atoms with van der Waals surface area (Å²) in [5, 5.41) is 3.34. The highest BCUT2D eigenvalue weighted by molar-refractivity contribution is 4.94. The zero-order valence-corrected chi connectivity index (χ0v) is 8.93. The van der Waals surface area contributed by atoms with E-state index in [1.807, 2.05) is 0 Å². The third kappa shape index (κ3) is 1.59. The van der Waals surface area contributed by atoms with Crippen LogP contribution in [0.4, 0.5) is 0 Å². The van der Waals surface area contributed by atoms with Gasteiger partial charge >= 0.3 is 0 Å². The lowest BCUT2D eigenvalue weighted by molar-refractivity contribution is -0.0465. The Morgan fingerprint density at radius 1 is 1.14 bits per heavy atom. The van der Waals surface area contributed by atoms with Gasteiger partial charge in [-0.3, -0.25) is 0 Å². The monoisotopic (exact) mass is 195 g/mol. The summed E-state index contributed by atoms with van der Waals surface area (Å²) in [5.41, 5.74) is 0.349. The fourth-order valence-corrected chi connectivity index (χ4v) is 3.34. The molecule has 14 heavy (non-hydrogen) atoms. The minimum atomic E-state index is 0.349. The molecule has 2 heteroatoms. The Morgan fingerprint density at radius 2 is 1.93 bits per heavy atom. The molecule has 1 saturated carbocycles. The lowest BCUT2D eigenvalue weighted by Gasteiger charge is -2.30. The summed E-state index contributed by atoms with van der Waals surface area (Å²) in [6.07, 6.45) is 10.1. The second-order valence-electron chi connectivity index (χ2n) is 5.43. The smallest absolute Gasteiger partial charge is 0.0687 e. The van der Waals surface area contributed by atoms with Crippen molar-refractivity contribution in [1.82, 2.24) is 5.32 Å². The van der Waals surface area contributed by atoms with Gasteiger partial charge in [-0.05, 0) is 51.1 Å². The van der Waals surface area contributed by atoms with Gasteiger partial charge in [-0.2, -0.15) is 0 Å². The summed E-state index contributed by atoms with van der Waals surface area (Å²) in [7, 11) is 0. The average Bonchev–Trinajstić information content (AvgIpc) is 2.71. The fourth-order valence-electron chi connectivity index (χ4n) is 3.34. The third-order valence-electron chi connectivity index (χ3n) is 4.32. The summed E-state index contributed by atoms with van der Waals surface area (Å²) in [6, 6.07) is 0. The maximum Gasteiger partial charge on any atom is 0.0687 e. The molecule has 2 nitrogen and oxygen atoms in total. The lowest BCUT2D eigenvalue weighted by Crippen LogP contribution is -2.43. The molecule has 3 rings (SSSR count). The van der Waals surface area contributed by atoms with E-state index in [2.05, 4.69) is 5.32 Å². The van der Waals surface area contributed by atoms with E-state index in [0.29, 0.717) is 11.7 Å². The molecule has 80 valence electrons. The molecule has 0 aromatic heterocycles.